The number of anilines is 1. The van der Waals surface area contributed by atoms with Gasteiger partial charge in [-0.25, -0.2) is 5.01 Å². The second kappa shape index (κ2) is 5.51. The monoisotopic (exact) mass is 279 g/mol. The molecule has 0 aliphatic carbocycles. The summed E-state index contributed by atoms with van der Waals surface area (Å²) in [5, 5.41) is 20.0. The summed E-state index contributed by atoms with van der Waals surface area (Å²) in [6, 6.07) is 0. The lowest BCUT2D eigenvalue weighted by atomic mass is 10.1. The molecule has 106 valence electrons. The van der Waals surface area contributed by atoms with E-state index >= 15 is 0 Å². The van der Waals surface area contributed by atoms with Crippen LogP contribution in [0, 0.1) is 0 Å². The number of rotatable bonds is 4. The van der Waals surface area contributed by atoms with Gasteiger partial charge in [0.25, 0.3) is 5.91 Å². The van der Waals surface area contributed by atoms with Crippen molar-refractivity contribution in [1.29, 1.82) is 0 Å². The van der Waals surface area contributed by atoms with Crippen molar-refractivity contribution in [2.75, 3.05) is 12.4 Å². The average Bonchev–Trinajstić information content (AvgIpc) is 2.79. The maximum absolute atomic E-state index is 11.9. The van der Waals surface area contributed by atoms with Crippen LogP contribution in [-0.4, -0.2) is 50.4 Å². The van der Waals surface area contributed by atoms with E-state index in [1.165, 1.54) is 24.1 Å². The van der Waals surface area contributed by atoms with E-state index < -0.39 is 11.9 Å². The van der Waals surface area contributed by atoms with Gasteiger partial charge in [-0.05, 0) is 0 Å². The van der Waals surface area contributed by atoms with Crippen LogP contribution in [0.3, 0.4) is 0 Å². The van der Waals surface area contributed by atoms with Crippen LogP contribution in [-0.2, 0) is 20.9 Å². The number of hydrogen-bond donors (Lipinski definition) is 2. The summed E-state index contributed by atoms with van der Waals surface area (Å²) in [4.78, 5) is 33.7. The highest BCUT2D eigenvalue weighted by molar-refractivity contribution is 6.43. The Morgan fingerprint density at radius 1 is 1.45 bits per heavy atom. The average molecular weight is 279 g/mol. The van der Waals surface area contributed by atoms with Crippen LogP contribution in [0.2, 0.25) is 0 Å². The van der Waals surface area contributed by atoms with E-state index in [0.29, 0.717) is 5.69 Å². The van der Waals surface area contributed by atoms with Crippen LogP contribution >= 0.6 is 0 Å². The molecule has 0 bridgehead atoms. The normalized spacial score (nSPS) is 14.9. The van der Waals surface area contributed by atoms with Gasteiger partial charge in [-0.2, -0.15) is 10.2 Å². The first-order valence-corrected chi connectivity index (χ1v) is 5.85. The summed E-state index contributed by atoms with van der Waals surface area (Å²) in [5.74, 6) is -1.60. The fourth-order valence-corrected chi connectivity index (χ4v) is 1.69. The standard InChI is InChI=1S/C11H13N5O4/c1-15-9(17)3-2-8(14-15)11(20)13-7-4-12-16(5-7)6-10(18)19/h4-5H,2-3,6H2,1H3,(H,13,20)(H,18,19). The molecule has 2 rings (SSSR count). The van der Waals surface area contributed by atoms with E-state index in [1.54, 1.807) is 0 Å². The summed E-state index contributed by atoms with van der Waals surface area (Å²) < 4.78 is 1.19. The Morgan fingerprint density at radius 2 is 2.20 bits per heavy atom. The van der Waals surface area contributed by atoms with Gasteiger partial charge in [0.15, 0.2) is 0 Å². The summed E-state index contributed by atoms with van der Waals surface area (Å²) in [6.07, 6.45) is 3.27. The lowest BCUT2D eigenvalue weighted by Crippen LogP contribution is -2.34. The smallest absolute Gasteiger partial charge is 0.325 e. The van der Waals surface area contributed by atoms with Gasteiger partial charge in [0.05, 0.1) is 11.9 Å². The largest absolute Gasteiger partial charge is 0.480 e. The molecule has 2 amide bonds. The Hall–Kier alpha value is -2.71. The number of carbonyl (C=O) groups is 3. The maximum Gasteiger partial charge on any atom is 0.325 e. The lowest BCUT2D eigenvalue weighted by Gasteiger charge is -2.18. The molecule has 1 aromatic rings. The minimum Gasteiger partial charge on any atom is -0.480 e. The summed E-state index contributed by atoms with van der Waals surface area (Å²) in [5.41, 5.74) is 0.622. The van der Waals surface area contributed by atoms with Crippen molar-refractivity contribution < 1.29 is 19.5 Å². The molecule has 0 saturated heterocycles. The van der Waals surface area contributed by atoms with Gasteiger partial charge in [0.1, 0.15) is 12.3 Å². The van der Waals surface area contributed by atoms with Crippen LogP contribution in [0.1, 0.15) is 12.8 Å². The third-order valence-corrected chi connectivity index (χ3v) is 2.66. The van der Waals surface area contributed by atoms with Crippen molar-refractivity contribution in [2.45, 2.75) is 19.4 Å². The third kappa shape index (κ3) is 3.19. The molecule has 2 N–H and O–H groups in total. The Morgan fingerprint density at radius 3 is 2.85 bits per heavy atom. The zero-order chi connectivity index (χ0) is 14.7. The van der Waals surface area contributed by atoms with Crippen molar-refractivity contribution in [1.82, 2.24) is 14.8 Å². The van der Waals surface area contributed by atoms with E-state index in [4.69, 9.17) is 5.11 Å². The van der Waals surface area contributed by atoms with Crippen molar-refractivity contribution in [3.8, 4) is 0 Å². The first-order chi connectivity index (χ1) is 9.45. The Bertz CT molecular complexity index is 591. The number of aromatic nitrogens is 2. The van der Waals surface area contributed by atoms with Gasteiger partial charge < -0.3 is 10.4 Å². The van der Waals surface area contributed by atoms with E-state index in [2.05, 4.69) is 15.5 Å². The summed E-state index contributed by atoms with van der Waals surface area (Å²) >= 11 is 0. The Labute approximate surface area is 113 Å². The lowest BCUT2D eigenvalue weighted by molar-refractivity contribution is -0.138. The number of carboxylic acid groups (broad SMARTS) is 1. The zero-order valence-electron chi connectivity index (χ0n) is 10.7. The molecule has 0 spiro atoms. The van der Waals surface area contributed by atoms with Gasteiger partial charge in [-0.1, -0.05) is 0 Å². The van der Waals surface area contributed by atoms with Crippen LogP contribution in [0.15, 0.2) is 17.5 Å². The second-order valence-corrected chi connectivity index (χ2v) is 4.24. The van der Waals surface area contributed by atoms with Crippen LogP contribution in [0.4, 0.5) is 5.69 Å². The number of nitrogens with zero attached hydrogens (tertiary/aromatic N) is 4. The zero-order valence-corrected chi connectivity index (χ0v) is 10.7. The van der Waals surface area contributed by atoms with Crippen molar-refractivity contribution in [2.24, 2.45) is 5.10 Å². The molecule has 9 heteroatoms. The van der Waals surface area contributed by atoms with Crippen molar-refractivity contribution >= 4 is 29.2 Å². The minimum atomic E-state index is -1.03. The molecule has 1 aromatic heterocycles. The minimum absolute atomic E-state index is 0.143. The first-order valence-electron chi connectivity index (χ1n) is 5.85. The summed E-state index contributed by atoms with van der Waals surface area (Å²) in [6.45, 7) is -0.284. The van der Waals surface area contributed by atoms with Gasteiger partial charge in [0, 0.05) is 26.1 Å². The van der Waals surface area contributed by atoms with Gasteiger partial charge >= 0.3 is 5.97 Å². The number of hydrogen-bond acceptors (Lipinski definition) is 5. The number of carboxylic acids is 1. The van der Waals surface area contributed by atoms with Crippen LogP contribution in [0.5, 0.6) is 0 Å². The molecule has 0 aromatic carbocycles. The topological polar surface area (TPSA) is 117 Å². The second-order valence-electron chi connectivity index (χ2n) is 4.24. The van der Waals surface area contributed by atoms with Crippen LogP contribution in [0.25, 0.3) is 0 Å². The molecule has 1 aliphatic heterocycles. The maximum atomic E-state index is 11.9. The number of nitrogens with one attached hydrogen (secondary N) is 1. The molecule has 0 fully saturated rings. The number of amides is 2. The van der Waals surface area contributed by atoms with Crippen molar-refractivity contribution in [3.63, 3.8) is 0 Å². The Kier molecular flexibility index (Phi) is 3.78. The molecular formula is C11H13N5O4. The van der Waals surface area contributed by atoms with Gasteiger partial charge in [-0.3, -0.25) is 19.1 Å². The number of hydrazone groups is 1. The predicted octanol–water partition coefficient (Wildman–Crippen LogP) is -0.486. The van der Waals surface area contributed by atoms with Gasteiger partial charge in [0.2, 0.25) is 5.91 Å². The number of aliphatic carboxylic acids is 1. The molecule has 9 nitrogen and oxygen atoms in total. The van der Waals surface area contributed by atoms with Gasteiger partial charge in [-0.15, -0.1) is 0 Å². The molecule has 1 aliphatic rings. The third-order valence-electron chi connectivity index (χ3n) is 2.66. The molecule has 0 unspecified atom stereocenters. The molecule has 0 saturated carbocycles. The molecule has 20 heavy (non-hydrogen) atoms. The Balaban J connectivity index is 2.01. The highest BCUT2D eigenvalue weighted by atomic mass is 16.4. The van der Waals surface area contributed by atoms with E-state index in [9.17, 15) is 14.4 Å². The molecule has 0 radical (unpaired) electrons. The molecule has 2 heterocycles. The predicted molar refractivity (Wildman–Crippen MR) is 67.9 cm³/mol. The van der Waals surface area contributed by atoms with E-state index in [0.717, 1.165) is 5.01 Å². The van der Waals surface area contributed by atoms with Crippen molar-refractivity contribution in [3.05, 3.63) is 12.4 Å². The highest BCUT2D eigenvalue weighted by Gasteiger charge is 2.22. The molecular weight excluding hydrogens is 266 g/mol. The fraction of sp³-hybridized carbons (Fsp3) is 0.364. The first kappa shape index (κ1) is 13.7. The quantitative estimate of drug-likeness (QED) is 0.771. The summed E-state index contributed by atoms with van der Waals surface area (Å²) in [7, 11) is 1.49. The molecule has 0 atom stereocenters. The number of carbonyl (C=O) groups excluding carboxylic acids is 2. The fourth-order valence-electron chi connectivity index (χ4n) is 1.69. The SMILES string of the molecule is CN1N=C(C(=O)Nc2cnn(CC(=O)O)c2)CCC1=O. The van der Waals surface area contributed by atoms with E-state index in [-0.39, 0.29) is 31.0 Å². The highest BCUT2D eigenvalue weighted by Crippen LogP contribution is 2.10. The van der Waals surface area contributed by atoms with Crippen LogP contribution < -0.4 is 5.32 Å². The van der Waals surface area contributed by atoms with E-state index in [1.807, 2.05) is 0 Å².